The average Bonchev–Trinajstić information content (AvgIpc) is 3.55. The molecule has 0 N–H and O–H groups in total. The minimum Gasteiger partial charge on any atom is -0.465 e. The molecule has 3 aliphatic rings. The minimum absolute atomic E-state index is 0.0209. The van der Waals surface area contributed by atoms with Gasteiger partial charge in [0, 0.05) is 25.4 Å². The van der Waals surface area contributed by atoms with Crippen molar-refractivity contribution in [3.63, 3.8) is 0 Å². The van der Waals surface area contributed by atoms with E-state index in [1.54, 1.807) is 13.8 Å². The first kappa shape index (κ1) is 68.0. The molecule has 1 aromatic carbocycles. The van der Waals surface area contributed by atoms with Crippen LogP contribution in [0.15, 0.2) is 79.3 Å². The molecule has 22 heteroatoms. The number of ether oxygens (including phenoxy) is 12. The van der Waals surface area contributed by atoms with Gasteiger partial charge in [0.25, 0.3) is 0 Å². The van der Waals surface area contributed by atoms with Gasteiger partial charge in [-0.15, -0.1) is 0 Å². The predicted molar refractivity (Wildman–Crippen MR) is 294 cm³/mol. The topological polar surface area (TPSA) is 281 Å². The van der Waals surface area contributed by atoms with Crippen molar-refractivity contribution in [2.45, 2.75) is 124 Å². The lowest BCUT2D eigenvalue weighted by Gasteiger charge is -2.26. The molecule has 456 valence electrons. The maximum absolute atomic E-state index is 13.6. The van der Waals surface area contributed by atoms with Crippen molar-refractivity contribution >= 4 is 59.7 Å². The molecule has 0 aromatic heterocycles. The third-order valence-corrected chi connectivity index (χ3v) is 14.1. The summed E-state index contributed by atoms with van der Waals surface area (Å²) in [5, 5.41) is 0. The quantitative estimate of drug-likeness (QED) is 0.0119. The average molecular weight is 1170 g/mol. The summed E-state index contributed by atoms with van der Waals surface area (Å²) in [5.41, 5.74) is -0.390. The van der Waals surface area contributed by atoms with E-state index >= 15 is 0 Å². The van der Waals surface area contributed by atoms with E-state index in [1.807, 2.05) is 0 Å². The van der Waals surface area contributed by atoms with E-state index in [0.29, 0.717) is 90.3 Å². The number of allylic oxidation sites excluding steroid dienone is 2. The highest BCUT2D eigenvalue weighted by Crippen LogP contribution is 2.36. The van der Waals surface area contributed by atoms with E-state index < -0.39 is 83.3 Å². The highest BCUT2D eigenvalue weighted by atomic mass is 16.6. The van der Waals surface area contributed by atoms with Crippen molar-refractivity contribution in [1.82, 2.24) is 0 Å². The van der Waals surface area contributed by atoms with Gasteiger partial charge in [0.2, 0.25) is 0 Å². The number of rotatable bonds is 34. The fraction of sp³-hybridized carbons (Fsp3) is 0.574. The third kappa shape index (κ3) is 24.1. The van der Waals surface area contributed by atoms with Crippen molar-refractivity contribution in [2.75, 3.05) is 66.1 Å². The lowest BCUT2D eigenvalue weighted by molar-refractivity contribution is -0.153. The molecule has 0 aliphatic heterocycles. The number of hydrogen-bond acceptors (Lipinski definition) is 22. The number of esters is 10. The summed E-state index contributed by atoms with van der Waals surface area (Å²) in [4.78, 5) is 129. The molecule has 3 fully saturated rings. The molecular formula is C61H80O22. The summed E-state index contributed by atoms with van der Waals surface area (Å²) in [7, 11) is 0. The maximum atomic E-state index is 13.6. The Bertz CT molecular complexity index is 2460. The van der Waals surface area contributed by atoms with Gasteiger partial charge in [0.05, 0.1) is 75.1 Å². The first-order valence-corrected chi connectivity index (χ1v) is 28.5. The molecule has 0 atom stereocenters. The first-order valence-electron chi connectivity index (χ1n) is 28.5. The number of hydrogen-bond donors (Lipinski definition) is 0. The van der Waals surface area contributed by atoms with Crippen LogP contribution in [-0.4, -0.2) is 126 Å². The van der Waals surface area contributed by atoms with E-state index in [-0.39, 0.29) is 125 Å². The fourth-order valence-corrected chi connectivity index (χ4v) is 9.26. The van der Waals surface area contributed by atoms with Crippen LogP contribution in [0.1, 0.15) is 134 Å². The molecule has 1 aromatic rings. The summed E-state index contributed by atoms with van der Waals surface area (Å²) >= 11 is 0. The third-order valence-electron chi connectivity index (χ3n) is 14.1. The van der Waals surface area contributed by atoms with Gasteiger partial charge in [-0.25, -0.2) is 19.2 Å². The SMILES string of the molecule is C=CC(=O)OCCCCOC(=O)C1CCC(C(=O)O/C(C)=C(/C=C(\C=C)OC(=O)C2CCC(C(=O)Oc3ccc(OC(=O)C4CCC(C(=O)OCCCCOC(=O)C=C)CC4)c(C(=O)OCCOCC)c3)CC2)C(=O)OCCOCC)CC1. The summed E-state index contributed by atoms with van der Waals surface area (Å²) in [6.45, 7) is 16.8. The van der Waals surface area contributed by atoms with Crippen LogP contribution in [0.3, 0.4) is 0 Å². The molecule has 3 saturated carbocycles. The van der Waals surface area contributed by atoms with Crippen molar-refractivity contribution in [2.24, 2.45) is 35.5 Å². The summed E-state index contributed by atoms with van der Waals surface area (Å²) in [6.07, 6.45) is 10.4. The van der Waals surface area contributed by atoms with E-state index in [0.717, 1.165) is 12.2 Å². The van der Waals surface area contributed by atoms with Crippen LogP contribution < -0.4 is 9.47 Å². The maximum Gasteiger partial charge on any atom is 0.342 e. The lowest BCUT2D eigenvalue weighted by Crippen LogP contribution is -2.30. The molecule has 4 rings (SSSR count). The van der Waals surface area contributed by atoms with Crippen LogP contribution >= 0.6 is 0 Å². The molecule has 0 unspecified atom stereocenters. The molecule has 0 heterocycles. The smallest absolute Gasteiger partial charge is 0.342 e. The summed E-state index contributed by atoms with van der Waals surface area (Å²) < 4.78 is 64.9. The van der Waals surface area contributed by atoms with E-state index in [2.05, 4.69) is 19.7 Å². The second-order valence-electron chi connectivity index (χ2n) is 19.9. The fourth-order valence-electron chi connectivity index (χ4n) is 9.26. The Hall–Kier alpha value is -7.46. The number of carbonyl (C=O) groups is 10. The largest absolute Gasteiger partial charge is 0.465 e. The van der Waals surface area contributed by atoms with Crippen molar-refractivity contribution in [3.05, 3.63) is 84.9 Å². The minimum atomic E-state index is -0.886. The Morgan fingerprint density at radius 2 is 0.867 bits per heavy atom. The second kappa shape index (κ2) is 37.6. The molecule has 0 bridgehead atoms. The van der Waals surface area contributed by atoms with Gasteiger partial charge in [-0.2, -0.15) is 0 Å². The first-order chi connectivity index (χ1) is 40.0. The number of benzene rings is 1. The van der Waals surface area contributed by atoms with E-state index in [4.69, 9.17) is 56.8 Å². The zero-order valence-electron chi connectivity index (χ0n) is 48.0. The normalized spacial score (nSPS) is 19.9. The Morgan fingerprint density at radius 1 is 0.458 bits per heavy atom. The Labute approximate surface area is 484 Å². The highest BCUT2D eigenvalue weighted by Gasteiger charge is 2.36. The van der Waals surface area contributed by atoms with Crippen molar-refractivity contribution < 1.29 is 105 Å². The zero-order chi connectivity index (χ0) is 60.5. The van der Waals surface area contributed by atoms with Crippen LogP contribution in [0.5, 0.6) is 11.5 Å². The van der Waals surface area contributed by atoms with Gasteiger partial charge in [-0.3, -0.25) is 28.8 Å². The van der Waals surface area contributed by atoms with Crippen LogP contribution in [0, 0.1) is 35.5 Å². The monoisotopic (exact) mass is 1160 g/mol. The van der Waals surface area contributed by atoms with Gasteiger partial charge in [-0.05, 0) is 154 Å². The van der Waals surface area contributed by atoms with Gasteiger partial charge in [0.1, 0.15) is 47.4 Å². The van der Waals surface area contributed by atoms with Crippen LogP contribution in [-0.2, 0) is 90.5 Å². The van der Waals surface area contributed by atoms with Gasteiger partial charge >= 0.3 is 59.7 Å². The number of carbonyl (C=O) groups excluding carboxylic acids is 10. The van der Waals surface area contributed by atoms with Crippen molar-refractivity contribution in [1.29, 1.82) is 0 Å². The zero-order valence-corrected chi connectivity index (χ0v) is 48.0. The number of unbranched alkanes of at least 4 members (excludes halogenated alkanes) is 2. The molecule has 0 spiro atoms. The van der Waals surface area contributed by atoms with E-state index in [1.165, 1.54) is 37.3 Å². The molecule has 0 radical (unpaired) electrons. The van der Waals surface area contributed by atoms with Crippen LogP contribution in [0.4, 0.5) is 0 Å². The standard InChI is InChI=1S/C61H80O22/c1-7-47(38-49(60(70)78-36-34-72-10-4)40(6)80-56(66)43-20-16-41(17-21-43)54(64)76-32-14-12-30-74-52(62)8-2)81-57(67)44-24-26-45(27-25-44)58(68)82-48-28-29-51(50(39-48)61(71)79-37-35-73-11-5)83-59(69)46-22-18-42(19-23-46)55(65)77-33-15-13-31-75-53(63)9-3/h7-9,28-29,38-39,41-46H,1-3,10-27,30-37H2,4-6H3/b47-38+,49-40-. The van der Waals surface area contributed by atoms with Gasteiger partial charge in [-0.1, -0.05) is 19.7 Å². The van der Waals surface area contributed by atoms with Crippen LogP contribution in [0.2, 0.25) is 0 Å². The predicted octanol–water partition coefficient (Wildman–Crippen LogP) is 8.23. The Morgan fingerprint density at radius 3 is 1.31 bits per heavy atom. The summed E-state index contributed by atoms with van der Waals surface area (Å²) in [6, 6.07) is 3.96. The van der Waals surface area contributed by atoms with Gasteiger partial charge < -0.3 is 56.8 Å². The van der Waals surface area contributed by atoms with E-state index in [9.17, 15) is 47.9 Å². The second-order valence-corrected chi connectivity index (χ2v) is 19.9. The lowest BCUT2D eigenvalue weighted by atomic mass is 9.82. The Kier molecular flexibility index (Phi) is 30.8. The molecule has 0 saturated heterocycles. The molecule has 0 amide bonds. The van der Waals surface area contributed by atoms with Gasteiger partial charge in [0.15, 0.2) is 0 Å². The Balaban J connectivity index is 1.33. The van der Waals surface area contributed by atoms with Crippen molar-refractivity contribution in [3.8, 4) is 11.5 Å². The molecular weight excluding hydrogens is 1080 g/mol. The van der Waals surface area contributed by atoms with Crippen LogP contribution in [0.25, 0.3) is 0 Å². The molecule has 3 aliphatic carbocycles. The summed E-state index contributed by atoms with van der Waals surface area (Å²) in [5.74, 6) is -9.72. The molecule has 22 nitrogen and oxygen atoms in total. The highest BCUT2D eigenvalue weighted by molar-refractivity contribution is 5.95. The molecule has 83 heavy (non-hydrogen) atoms.